The number of carbonyl (C=O) groups is 2. The monoisotopic (exact) mass is 482 g/mol. The van der Waals surface area contributed by atoms with Crippen molar-refractivity contribution in [1.29, 1.82) is 0 Å². The second kappa shape index (κ2) is 10.3. The molecular formula is C25H30N4O4S. The number of anilines is 1. The lowest BCUT2D eigenvalue weighted by Gasteiger charge is -2.23. The molecule has 0 aliphatic heterocycles. The molecule has 8 nitrogen and oxygen atoms in total. The maximum atomic E-state index is 13.3. The molecule has 1 N–H and O–H groups in total. The van der Waals surface area contributed by atoms with Crippen molar-refractivity contribution in [1.82, 2.24) is 14.9 Å². The highest BCUT2D eigenvalue weighted by molar-refractivity contribution is 7.13. The van der Waals surface area contributed by atoms with E-state index in [0.717, 1.165) is 4.88 Å². The molecule has 0 radical (unpaired) electrons. The highest BCUT2D eigenvalue weighted by Crippen LogP contribution is 2.29. The Bertz CT molecular complexity index is 1160. The van der Waals surface area contributed by atoms with E-state index in [-0.39, 0.29) is 18.4 Å². The number of aromatic nitrogens is 2. The van der Waals surface area contributed by atoms with Gasteiger partial charge in [0.1, 0.15) is 5.75 Å². The Morgan fingerprint density at radius 3 is 2.50 bits per heavy atom. The summed E-state index contributed by atoms with van der Waals surface area (Å²) < 4.78 is 5.43. The predicted molar refractivity (Wildman–Crippen MR) is 133 cm³/mol. The number of hydrogen-bond acceptors (Lipinski definition) is 8. The predicted octanol–water partition coefficient (Wildman–Crippen LogP) is 4.03. The second-order valence-corrected chi connectivity index (χ2v) is 10.2. The Labute approximate surface area is 203 Å². The molecule has 1 amide bonds. The van der Waals surface area contributed by atoms with Crippen LogP contribution in [0.3, 0.4) is 0 Å². The van der Waals surface area contributed by atoms with E-state index in [1.54, 1.807) is 57.0 Å². The summed E-state index contributed by atoms with van der Waals surface area (Å²) in [6.07, 6.45) is 0.546. The zero-order valence-corrected chi connectivity index (χ0v) is 21.1. The molecule has 9 heteroatoms. The quantitative estimate of drug-likeness (QED) is 0.401. The molecule has 0 bridgehead atoms. The zero-order valence-electron chi connectivity index (χ0n) is 20.3. The van der Waals surface area contributed by atoms with Gasteiger partial charge in [0.15, 0.2) is 0 Å². The van der Waals surface area contributed by atoms with Crippen LogP contribution >= 0.6 is 11.3 Å². The minimum atomic E-state index is -0.977. The summed E-state index contributed by atoms with van der Waals surface area (Å²) in [6, 6.07) is 10.5. The standard InChI is InChI=1S/C25H30N4O4S/c1-25(2,3)23(32)33-17-10-7-9-16(13-17)19(30)15-29(6)22(31)18-14-26-24(28(4)5)27-21(18)20-11-8-12-34-20/h7-14,19,30H,15H2,1-6H3. The molecule has 0 saturated heterocycles. The fraction of sp³-hybridized carbons (Fsp3) is 0.360. The number of likely N-dealkylation sites (N-methyl/N-ethyl adjacent to an activating group) is 1. The minimum Gasteiger partial charge on any atom is -0.426 e. The summed E-state index contributed by atoms with van der Waals surface area (Å²) in [5, 5.41) is 12.7. The van der Waals surface area contributed by atoms with Crippen molar-refractivity contribution in [2.45, 2.75) is 26.9 Å². The molecule has 0 aliphatic rings. The lowest BCUT2D eigenvalue weighted by Crippen LogP contribution is -2.32. The van der Waals surface area contributed by atoms with E-state index in [0.29, 0.717) is 28.5 Å². The molecule has 0 saturated carbocycles. The van der Waals surface area contributed by atoms with E-state index < -0.39 is 11.5 Å². The van der Waals surface area contributed by atoms with Crippen LogP contribution in [-0.2, 0) is 4.79 Å². The topological polar surface area (TPSA) is 95.9 Å². The van der Waals surface area contributed by atoms with Gasteiger partial charge in [-0.3, -0.25) is 9.59 Å². The van der Waals surface area contributed by atoms with E-state index >= 15 is 0 Å². The number of aliphatic hydroxyl groups is 1. The first-order chi connectivity index (χ1) is 16.0. The number of aliphatic hydroxyl groups excluding tert-OH is 1. The maximum Gasteiger partial charge on any atom is 0.316 e. The lowest BCUT2D eigenvalue weighted by atomic mass is 9.97. The van der Waals surface area contributed by atoms with Gasteiger partial charge in [-0.2, -0.15) is 0 Å². The number of carbonyl (C=O) groups excluding carboxylic acids is 2. The van der Waals surface area contributed by atoms with Gasteiger partial charge in [0.25, 0.3) is 5.91 Å². The summed E-state index contributed by atoms with van der Waals surface area (Å²) in [6.45, 7) is 5.35. The number of esters is 1. The number of ether oxygens (including phenoxy) is 1. The van der Waals surface area contributed by atoms with Gasteiger partial charge in [0, 0.05) is 27.3 Å². The molecule has 2 aromatic heterocycles. The first-order valence-corrected chi connectivity index (χ1v) is 11.7. The normalized spacial score (nSPS) is 12.2. The van der Waals surface area contributed by atoms with Crippen molar-refractivity contribution in [3.05, 3.63) is 59.1 Å². The van der Waals surface area contributed by atoms with Crippen LogP contribution in [0.25, 0.3) is 10.6 Å². The molecular weight excluding hydrogens is 452 g/mol. The highest BCUT2D eigenvalue weighted by atomic mass is 32.1. The van der Waals surface area contributed by atoms with E-state index in [1.807, 2.05) is 31.6 Å². The van der Waals surface area contributed by atoms with Crippen LogP contribution in [0.2, 0.25) is 0 Å². The summed E-state index contributed by atoms with van der Waals surface area (Å²) in [7, 11) is 5.29. The fourth-order valence-corrected chi connectivity index (χ4v) is 3.77. The largest absolute Gasteiger partial charge is 0.426 e. The molecule has 0 aliphatic carbocycles. The minimum absolute atomic E-state index is 0.0365. The van der Waals surface area contributed by atoms with Crippen LogP contribution in [0.5, 0.6) is 5.75 Å². The van der Waals surface area contributed by atoms with Crippen molar-refractivity contribution < 1.29 is 19.4 Å². The van der Waals surface area contributed by atoms with Gasteiger partial charge in [-0.1, -0.05) is 18.2 Å². The molecule has 180 valence electrons. The van der Waals surface area contributed by atoms with Crippen LogP contribution in [0.15, 0.2) is 48.0 Å². The summed E-state index contributed by atoms with van der Waals surface area (Å²) >= 11 is 1.49. The first-order valence-electron chi connectivity index (χ1n) is 10.8. The van der Waals surface area contributed by atoms with Crippen molar-refractivity contribution >= 4 is 29.2 Å². The smallest absolute Gasteiger partial charge is 0.316 e. The number of amides is 1. The Morgan fingerprint density at radius 2 is 1.88 bits per heavy atom. The summed E-state index contributed by atoms with van der Waals surface area (Å²) in [4.78, 5) is 38.4. The van der Waals surface area contributed by atoms with Crippen LogP contribution in [0.4, 0.5) is 5.95 Å². The van der Waals surface area contributed by atoms with Gasteiger partial charge in [0.05, 0.1) is 34.2 Å². The number of hydrogen-bond donors (Lipinski definition) is 1. The number of benzene rings is 1. The van der Waals surface area contributed by atoms with E-state index in [4.69, 9.17) is 4.74 Å². The number of nitrogens with zero attached hydrogens (tertiary/aromatic N) is 4. The van der Waals surface area contributed by atoms with Crippen molar-refractivity contribution in [2.75, 3.05) is 32.6 Å². The van der Waals surface area contributed by atoms with Gasteiger partial charge in [-0.15, -0.1) is 11.3 Å². The summed E-state index contributed by atoms with van der Waals surface area (Å²) in [5.41, 5.74) is 0.800. The van der Waals surface area contributed by atoms with Gasteiger partial charge < -0.3 is 19.6 Å². The Kier molecular flexibility index (Phi) is 7.68. The first kappa shape index (κ1) is 25.3. The Hall–Kier alpha value is -3.30. The molecule has 3 rings (SSSR count). The van der Waals surface area contributed by atoms with Crippen LogP contribution < -0.4 is 9.64 Å². The fourth-order valence-electron chi connectivity index (χ4n) is 3.04. The van der Waals surface area contributed by atoms with Gasteiger partial charge in [0.2, 0.25) is 5.95 Å². The van der Waals surface area contributed by atoms with Gasteiger partial charge >= 0.3 is 5.97 Å². The van der Waals surface area contributed by atoms with Crippen LogP contribution in [0, 0.1) is 5.41 Å². The average molecular weight is 483 g/mol. The van der Waals surface area contributed by atoms with Crippen molar-refractivity contribution in [3.63, 3.8) is 0 Å². The third-order valence-corrected chi connectivity index (χ3v) is 5.90. The van der Waals surface area contributed by atoms with Gasteiger partial charge in [-0.05, 0) is 49.9 Å². The zero-order chi connectivity index (χ0) is 25.0. The summed E-state index contributed by atoms with van der Waals surface area (Å²) in [5.74, 6) is 0.180. The Morgan fingerprint density at radius 1 is 1.15 bits per heavy atom. The number of rotatable bonds is 7. The lowest BCUT2D eigenvalue weighted by molar-refractivity contribution is -0.143. The molecule has 1 unspecified atom stereocenters. The molecule has 1 aromatic carbocycles. The third kappa shape index (κ3) is 5.98. The molecule has 0 spiro atoms. The van der Waals surface area contributed by atoms with E-state index in [9.17, 15) is 14.7 Å². The third-order valence-electron chi connectivity index (χ3n) is 5.02. The Balaban J connectivity index is 1.79. The van der Waals surface area contributed by atoms with Crippen molar-refractivity contribution in [3.8, 4) is 16.3 Å². The van der Waals surface area contributed by atoms with Crippen LogP contribution in [0.1, 0.15) is 42.8 Å². The van der Waals surface area contributed by atoms with E-state index in [2.05, 4.69) is 9.97 Å². The average Bonchev–Trinajstić information content (AvgIpc) is 3.32. The van der Waals surface area contributed by atoms with Crippen molar-refractivity contribution in [2.24, 2.45) is 5.41 Å². The van der Waals surface area contributed by atoms with Gasteiger partial charge in [-0.25, -0.2) is 9.97 Å². The second-order valence-electron chi connectivity index (χ2n) is 9.22. The van der Waals surface area contributed by atoms with Crippen LogP contribution in [-0.4, -0.2) is 59.5 Å². The maximum absolute atomic E-state index is 13.3. The molecule has 34 heavy (non-hydrogen) atoms. The molecule has 2 heterocycles. The number of thiophene rings is 1. The molecule has 0 fully saturated rings. The van der Waals surface area contributed by atoms with E-state index in [1.165, 1.54) is 22.4 Å². The highest BCUT2D eigenvalue weighted by Gasteiger charge is 2.25. The SMILES string of the molecule is CN(CC(O)c1cccc(OC(=O)C(C)(C)C)c1)C(=O)c1cnc(N(C)C)nc1-c1cccs1. The molecule has 3 aromatic rings. The molecule has 1 atom stereocenters.